The fraction of sp³-hybridized carbons (Fsp3) is 0.750. The van der Waals surface area contributed by atoms with E-state index < -0.39 is 0 Å². The van der Waals surface area contributed by atoms with Crippen molar-refractivity contribution in [3.63, 3.8) is 0 Å². The van der Waals surface area contributed by atoms with Gasteiger partial charge in [-0.05, 0) is 34.4 Å². The molecule has 0 bridgehead atoms. The second-order valence-corrected chi connectivity index (χ2v) is 5.00. The first-order chi connectivity index (χ1) is 7.47. The van der Waals surface area contributed by atoms with Crippen LogP contribution in [-0.4, -0.2) is 40.6 Å². The number of aryl methyl sites for hydroxylation is 1. The summed E-state index contributed by atoms with van der Waals surface area (Å²) in [6.45, 7) is 8.51. The zero-order chi connectivity index (χ0) is 12.2. The predicted octanol–water partition coefficient (Wildman–Crippen LogP) is 2.05. The Morgan fingerprint density at radius 2 is 2.12 bits per heavy atom. The van der Waals surface area contributed by atoms with E-state index in [-0.39, 0.29) is 5.54 Å². The SMILES string of the molecule is CCCn1ccnc1NCC(C)(C)N(C)C. The number of nitrogens with zero attached hydrogens (tertiary/aromatic N) is 3. The van der Waals surface area contributed by atoms with Crippen molar-refractivity contribution in [2.75, 3.05) is 26.0 Å². The molecule has 1 aromatic heterocycles. The van der Waals surface area contributed by atoms with Gasteiger partial charge in [-0.25, -0.2) is 4.98 Å². The highest BCUT2D eigenvalue weighted by Crippen LogP contribution is 2.12. The van der Waals surface area contributed by atoms with Crippen LogP contribution in [0, 0.1) is 0 Å². The summed E-state index contributed by atoms with van der Waals surface area (Å²) >= 11 is 0. The molecular weight excluding hydrogens is 200 g/mol. The van der Waals surface area contributed by atoms with Gasteiger partial charge in [-0.1, -0.05) is 6.92 Å². The van der Waals surface area contributed by atoms with Crippen LogP contribution < -0.4 is 5.32 Å². The molecule has 0 aliphatic rings. The third-order valence-corrected chi connectivity index (χ3v) is 3.07. The van der Waals surface area contributed by atoms with Gasteiger partial charge in [-0.2, -0.15) is 0 Å². The summed E-state index contributed by atoms with van der Waals surface area (Å²) in [5.41, 5.74) is 0.128. The zero-order valence-electron chi connectivity index (χ0n) is 11.1. The van der Waals surface area contributed by atoms with E-state index in [0.29, 0.717) is 0 Å². The molecule has 0 saturated carbocycles. The molecule has 4 heteroatoms. The Kier molecular flexibility index (Phi) is 4.35. The average Bonchev–Trinajstić information content (AvgIpc) is 2.63. The highest BCUT2D eigenvalue weighted by molar-refractivity contribution is 5.26. The molecule has 1 rings (SSSR count). The maximum atomic E-state index is 4.33. The first-order valence-corrected chi connectivity index (χ1v) is 5.90. The van der Waals surface area contributed by atoms with Gasteiger partial charge in [0.1, 0.15) is 0 Å². The van der Waals surface area contributed by atoms with Crippen LogP contribution in [0.1, 0.15) is 27.2 Å². The highest BCUT2D eigenvalue weighted by atomic mass is 15.2. The number of hydrogen-bond acceptors (Lipinski definition) is 3. The number of aromatic nitrogens is 2. The topological polar surface area (TPSA) is 33.1 Å². The summed E-state index contributed by atoms with van der Waals surface area (Å²) in [5, 5.41) is 3.41. The zero-order valence-corrected chi connectivity index (χ0v) is 11.1. The molecule has 16 heavy (non-hydrogen) atoms. The van der Waals surface area contributed by atoms with Gasteiger partial charge in [0, 0.05) is 31.0 Å². The van der Waals surface area contributed by atoms with Crippen LogP contribution in [0.5, 0.6) is 0 Å². The molecule has 0 saturated heterocycles. The van der Waals surface area contributed by atoms with Gasteiger partial charge >= 0.3 is 0 Å². The first-order valence-electron chi connectivity index (χ1n) is 5.90. The van der Waals surface area contributed by atoms with E-state index in [4.69, 9.17) is 0 Å². The van der Waals surface area contributed by atoms with Crippen LogP contribution in [0.15, 0.2) is 12.4 Å². The minimum atomic E-state index is 0.128. The fourth-order valence-electron chi connectivity index (χ4n) is 1.35. The molecule has 0 spiro atoms. The largest absolute Gasteiger partial charge is 0.354 e. The van der Waals surface area contributed by atoms with Crippen LogP contribution in [0.25, 0.3) is 0 Å². The molecule has 0 amide bonds. The number of nitrogens with one attached hydrogen (secondary N) is 1. The Balaban J connectivity index is 2.57. The van der Waals surface area contributed by atoms with Crippen LogP contribution in [0.4, 0.5) is 5.95 Å². The van der Waals surface area contributed by atoms with E-state index >= 15 is 0 Å². The number of anilines is 1. The molecule has 1 heterocycles. The first kappa shape index (κ1) is 13.0. The van der Waals surface area contributed by atoms with Crippen molar-refractivity contribution in [1.29, 1.82) is 0 Å². The number of hydrogen-bond donors (Lipinski definition) is 1. The summed E-state index contributed by atoms with van der Waals surface area (Å²) in [6.07, 6.45) is 5.00. The van der Waals surface area contributed by atoms with Gasteiger partial charge in [0.05, 0.1) is 0 Å². The maximum Gasteiger partial charge on any atom is 0.202 e. The van der Waals surface area contributed by atoms with Crippen molar-refractivity contribution >= 4 is 5.95 Å². The molecule has 4 nitrogen and oxygen atoms in total. The summed E-state index contributed by atoms with van der Waals surface area (Å²) in [6, 6.07) is 0. The molecule has 0 atom stereocenters. The molecule has 1 aromatic rings. The van der Waals surface area contributed by atoms with Crippen molar-refractivity contribution < 1.29 is 0 Å². The Morgan fingerprint density at radius 1 is 1.44 bits per heavy atom. The normalized spacial score (nSPS) is 12.1. The minimum absolute atomic E-state index is 0.128. The van der Waals surface area contributed by atoms with Crippen molar-refractivity contribution in [2.24, 2.45) is 0 Å². The van der Waals surface area contributed by atoms with Gasteiger partial charge in [0.2, 0.25) is 5.95 Å². The lowest BCUT2D eigenvalue weighted by Crippen LogP contribution is -2.44. The van der Waals surface area contributed by atoms with Crippen LogP contribution in [0.3, 0.4) is 0 Å². The van der Waals surface area contributed by atoms with Gasteiger partial charge < -0.3 is 14.8 Å². The lowest BCUT2D eigenvalue weighted by atomic mass is 10.1. The van der Waals surface area contributed by atoms with Gasteiger partial charge in [0.15, 0.2) is 0 Å². The average molecular weight is 224 g/mol. The van der Waals surface area contributed by atoms with Crippen LogP contribution in [0.2, 0.25) is 0 Å². The maximum absolute atomic E-state index is 4.33. The molecule has 92 valence electrons. The third kappa shape index (κ3) is 3.23. The van der Waals surface area contributed by atoms with Crippen LogP contribution in [-0.2, 0) is 6.54 Å². The molecule has 1 N–H and O–H groups in total. The van der Waals surface area contributed by atoms with Gasteiger partial charge in [-0.15, -0.1) is 0 Å². The van der Waals surface area contributed by atoms with E-state index in [0.717, 1.165) is 25.5 Å². The summed E-state index contributed by atoms with van der Waals surface area (Å²) < 4.78 is 2.16. The molecule has 0 aliphatic carbocycles. The molecule has 0 radical (unpaired) electrons. The quantitative estimate of drug-likeness (QED) is 0.803. The Morgan fingerprint density at radius 3 is 2.69 bits per heavy atom. The molecule has 0 aliphatic heterocycles. The lowest BCUT2D eigenvalue weighted by molar-refractivity contribution is 0.209. The van der Waals surface area contributed by atoms with E-state index in [1.807, 2.05) is 12.4 Å². The smallest absolute Gasteiger partial charge is 0.202 e. The second kappa shape index (κ2) is 5.34. The molecule has 0 fully saturated rings. The van der Waals surface area contributed by atoms with Gasteiger partial charge in [0.25, 0.3) is 0 Å². The Labute approximate surface area is 98.7 Å². The van der Waals surface area contributed by atoms with Crippen LogP contribution >= 0.6 is 0 Å². The van der Waals surface area contributed by atoms with E-state index in [2.05, 4.69) is 54.6 Å². The Bertz CT molecular complexity index is 315. The van der Waals surface area contributed by atoms with Crippen molar-refractivity contribution in [3.8, 4) is 0 Å². The third-order valence-electron chi connectivity index (χ3n) is 3.07. The monoisotopic (exact) mass is 224 g/mol. The molecule has 0 aromatic carbocycles. The number of imidazole rings is 1. The summed E-state index contributed by atoms with van der Waals surface area (Å²) in [5.74, 6) is 0.969. The minimum Gasteiger partial charge on any atom is -0.354 e. The fourth-order valence-corrected chi connectivity index (χ4v) is 1.35. The summed E-state index contributed by atoms with van der Waals surface area (Å²) in [4.78, 5) is 6.55. The highest BCUT2D eigenvalue weighted by Gasteiger charge is 2.20. The standard InChI is InChI=1S/C12H24N4/c1-6-8-16-9-7-13-11(16)14-10-12(2,3)15(4)5/h7,9H,6,8,10H2,1-5H3,(H,13,14). The van der Waals surface area contributed by atoms with Crippen molar-refractivity contribution in [2.45, 2.75) is 39.3 Å². The lowest BCUT2D eigenvalue weighted by Gasteiger charge is -2.32. The predicted molar refractivity (Wildman–Crippen MR) is 68.8 cm³/mol. The number of likely N-dealkylation sites (N-methyl/N-ethyl adjacent to an activating group) is 1. The van der Waals surface area contributed by atoms with Crippen molar-refractivity contribution in [1.82, 2.24) is 14.5 Å². The van der Waals surface area contributed by atoms with E-state index in [9.17, 15) is 0 Å². The Hall–Kier alpha value is -1.03. The second-order valence-electron chi connectivity index (χ2n) is 5.00. The van der Waals surface area contributed by atoms with E-state index in [1.54, 1.807) is 0 Å². The summed E-state index contributed by atoms with van der Waals surface area (Å²) in [7, 11) is 4.19. The molecular formula is C12H24N4. The van der Waals surface area contributed by atoms with E-state index in [1.165, 1.54) is 0 Å². The number of rotatable bonds is 6. The van der Waals surface area contributed by atoms with Crippen molar-refractivity contribution in [3.05, 3.63) is 12.4 Å². The van der Waals surface area contributed by atoms with Gasteiger partial charge in [-0.3, -0.25) is 0 Å². The molecule has 0 unspecified atom stereocenters.